The van der Waals surface area contributed by atoms with Crippen molar-refractivity contribution in [2.45, 2.75) is 46.0 Å². The van der Waals surface area contributed by atoms with Crippen LogP contribution in [0.15, 0.2) is 42.5 Å². The molecule has 4 aromatic rings. The third-order valence-electron chi connectivity index (χ3n) is 5.73. The number of aryl methyl sites for hydroxylation is 3. The number of aromatic nitrogens is 4. The third-order valence-corrected chi connectivity index (χ3v) is 5.73. The lowest BCUT2D eigenvalue weighted by molar-refractivity contribution is 0.627. The van der Waals surface area contributed by atoms with Crippen molar-refractivity contribution in [1.29, 1.82) is 0 Å². The first-order valence-corrected chi connectivity index (χ1v) is 10.4. The monoisotopic (exact) mass is 401 g/mol. The molecule has 5 rings (SSSR count). The molecule has 1 aliphatic carbocycles. The average molecular weight is 401 g/mol. The normalized spacial score (nSPS) is 13.4. The van der Waals surface area contributed by atoms with E-state index in [4.69, 9.17) is 15.1 Å². The Bertz CT molecular complexity index is 1230. The molecule has 152 valence electrons. The van der Waals surface area contributed by atoms with Crippen molar-refractivity contribution >= 4 is 17.3 Å². The molecule has 0 fully saturated rings. The van der Waals surface area contributed by atoms with Gasteiger partial charge in [-0.1, -0.05) is 29.8 Å². The van der Waals surface area contributed by atoms with Crippen LogP contribution in [0.5, 0.6) is 0 Å². The molecule has 1 N–H and O–H groups in total. The molecule has 0 saturated carbocycles. The van der Waals surface area contributed by atoms with E-state index in [1.807, 2.05) is 11.4 Å². The van der Waals surface area contributed by atoms with Crippen LogP contribution in [0.4, 0.5) is 15.9 Å². The minimum Gasteiger partial charge on any atom is -0.340 e. The Morgan fingerprint density at radius 1 is 1.00 bits per heavy atom. The molecule has 0 unspecified atom stereocenters. The van der Waals surface area contributed by atoms with Crippen LogP contribution in [-0.4, -0.2) is 19.6 Å². The van der Waals surface area contributed by atoms with Crippen LogP contribution in [0.2, 0.25) is 0 Å². The first kappa shape index (κ1) is 18.7. The Labute approximate surface area is 175 Å². The standard InChI is InChI=1S/C24H24FN5/c1-15-7-9-17(10-8-15)14-22-28-24-27-21-6-4-3-5-19(21)23(30(24)29-22)26-20-12-11-18(25)13-16(20)2/h7-13,26H,3-6,14H2,1-2H3. The van der Waals surface area contributed by atoms with Crippen molar-refractivity contribution < 1.29 is 4.39 Å². The molecule has 5 nitrogen and oxygen atoms in total. The molecule has 6 heteroatoms. The second kappa shape index (κ2) is 7.52. The van der Waals surface area contributed by atoms with Crippen molar-refractivity contribution in [3.63, 3.8) is 0 Å². The van der Waals surface area contributed by atoms with Crippen LogP contribution in [0.1, 0.15) is 46.6 Å². The molecule has 0 aliphatic heterocycles. The highest BCUT2D eigenvalue weighted by Gasteiger charge is 2.21. The number of halogens is 1. The van der Waals surface area contributed by atoms with Crippen molar-refractivity contribution in [3.8, 4) is 0 Å². The van der Waals surface area contributed by atoms with Gasteiger partial charge in [0.2, 0.25) is 0 Å². The summed E-state index contributed by atoms with van der Waals surface area (Å²) in [5.74, 6) is 2.01. The number of hydrogen-bond acceptors (Lipinski definition) is 4. The summed E-state index contributed by atoms with van der Waals surface area (Å²) in [5.41, 5.74) is 6.40. The maximum Gasteiger partial charge on any atom is 0.254 e. The number of anilines is 2. The van der Waals surface area contributed by atoms with Crippen LogP contribution in [0.3, 0.4) is 0 Å². The molecule has 0 amide bonds. The Morgan fingerprint density at radius 3 is 2.60 bits per heavy atom. The number of hydrogen-bond donors (Lipinski definition) is 1. The van der Waals surface area contributed by atoms with Crippen LogP contribution in [0, 0.1) is 19.7 Å². The zero-order chi connectivity index (χ0) is 20.7. The van der Waals surface area contributed by atoms with Gasteiger partial charge in [-0.15, -0.1) is 5.10 Å². The number of fused-ring (bicyclic) bond motifs is 2. The molecule has 30 heavy (non-hydrogen) atoms. The van der Waals surface area contributed by atoms with E-state index < -0.39 is 0 Å². The quantitative estimate of drug-likeness (QED) is 0.517. The summed E-state index contributed by atoms with van der Waals surface area (Å²) in [6.07, 6.45) is 4.82. The molecule has 2 aromatic carbocycles. The number of benzene rings is 2. The van der Waals surface area contributed by atoms with Gasteiger partial charge < -0.3 is 5.32 Å². The van der Waals surface area contributed by atoms with Gasteiger partial charge in [0.1, 0.15) is 11.6 Å². The van der Waals surface area contributed by atoms with Gasteiger partial charge in [0.25, 0.3) is 5.78 Å². The van der Waals surface area contributed by atoms with Crippen LogP contribution in [0.25, 0.3) is 5.78 Å². The van der Waals surface area contributed by atoms with Crippen LogP contribution < -0.4 is 5.32 Å². The summed E-state index contributed by atoms with van der Waals surface area (Å²) >= 11 is 0. The van der Waals surface area contributed by atoms with E-state index in [1.54, 1.807) is 6.07 Å². The topological polar surface area (TPSA) is 55.1 Å². The summed E-state index contributed by atoms with van der Waals surface area (Å²) in [4.78, 5) is 9.54. The molecular weight excluding hydrogens is 377 g/mol. The highest BCUT2D eigenvalue weighted by molar-refractivity contribution is 5.66. The van der Waals surface area contributed by atoms with Crippen molar-refractivity contribution in [2.75, 3.05) is 5.32 Å². The maximum absolute atomic E-state index is 13.6. The summed E-state index contributed by atoms with van der Waals surface area (Å²) in [6.45, 7) is 3.98. The Morgan fingerprint density at radius 2 is 1.80 bits per heavy atom. The molecule has 2 aromatic heterocycles. The summed E-state index contributed by atoms with van der Waals surface area (Å²) < 4.78 is 15.4. The average Bonchev–Trinajstić information content (AvgIpc) is 3.13. The van der Waals surface area contributed by atoms with E-state index in [0.717, 1.165) is 54.3 Å². The number of nitrogens with one attached hydrogen (secondary N) is 1. The van der Waals surface area contributed by atoms with Crippen LogP contribution in [-0.2, 0) is 19.3 Å². The van der Waals surface area contributed by atoms with Gasteiger partial charge in [-0.2, -0.15) is 9.50 Å². The predicted molar refractivity (Wildman–Crippen MR) is 116 cm³/mol. The van der Waals surface area contributed by atoms with Gasteiger partial charge in [-0.25, -0.2) is 9.37 Å². The molecular formula is C24H24FN5. The fourth-order valence-corrected chi connectivity index (χ4v) is 4.07. The molecule has 1 aliphatic rings. The fraction of sp³-hybridized carbons (Fsp3) is 0.292. The minimum absolute atomic E-state index is 0.235. The first-order chi connectivity index (χ1) is 14.6. The van der Waals surface area contributed by atoms with Gasteiger partial charge in [0.05, 0.1) is 5.69 Å². The van der Waals surface area contributed by atoms with Gasteiger partial charge >= 0.3 is 0 Å². The summed E-state index contributed by atoms with van der Waals surface area (Å²) in [7, 11) is 0. The lowest BCUT2D eigenvalue weighted by atomic mass is 9.96. The molecule has 0 radical (unpaired) electrons. The van der Waals surface area contributed by atoms with E-state index in [1.165, 1.54) is 28.8 Å². The highest BCUT2D eigenvalue weighted by atomic mass is 19.1. The van der Waals surface area contributed by atoms with E-state index >= 15 is 0 Å². The van der Waals surface area contributed by atoms with Gasteiger partial charge in [-0.3, -0.25) is 0 Å². The molecule has 0 atom stereocenters. The van der Waals surface area contributed by atoms with E-state index in [9.17, 15) is 4.39 Å². The second-order valence-electron chi connectivity index (χ2n) is 8.08. The van der Waals surface area contributed by atoms with Crippen LogP contribution >= 0.6 is 0 Å². The minimum atomic E-state index is -0.235. The maximum atomic E-state index is 13.6. The fourth-order valence-electron chi connectivity index (χ4n) is 4.07. The van der Waals surface area contributed by atoms with E-state index in [2.05, 4.69) is 36.5 Å². The number of nitrogens with zero attached hydrogens (tertiary/aromatic N) is 4. The van der Waals surface area contributed by atoms with Gasteiger partial charge in [-0.05, 0) is 68.9 Å². The molecule has 0 bridgehead atoms. The third kappa shape index (κ3) is 3.54. The smallest absolute Gasteiger partial charge is 0.254 e. The number of rotatable bonds is 4. The lowest BCUT2D eigenvalue weighted by Crippen LogP contribution is -2.14. The second-order valence-corrected chi connectivity index (χ2v) is 8.08. The van der Waals surface area contributed by atoms with Gasteiger partial charge in [0, 0.05) is 17.7 Å². The Hall–Kier alpha value is -3.28. The highest BCUT2D eigenvalue weighted by Crippen LogP contribution is 2.31. The Kier molecular flexibility index (Phi) is 4.69. The first-order valence-electron chi connectivity index (χ1n) is 10.4. The van der Waals surface area contributed by atoms with Crippen molar-refractivity contribution in [2.24, 2.45) is 0 Å². The Balaban J connectivity index is 1.59. The molecule has 0 spiro atoms. The van der Waals surface area contributed by atoms with Crippen molar-refractivity contribution in [1.82, 2.24) is 19.6 Å². The largest absolute Gasteiger partial charge is 0.340 e. The predicted octanol–water partition coefficient (Wildman–Crippen LogP) is 5.09. The van der Waals surface area contributed by atoms with Gasteiger partial charge in [0.15, 0.2) is 5.82 Å². The van der Waals surface area contributed by atoms with Crippen molar-refractivity contribution in [3.05, 3.63) is 82.1 Å². The zero-order valence-electron chi connectivity index (χ0n) is 17.2. The van der Waals surface area contributed by atoms with E-state index in [0.29, 0.717) is 12.2 Å². The lowest BCUT2D eigenvalue weighted by Gasteiger charge is -2.20. The van der Waals surface area contributed by atoms with E-state index in [-0.39, 0.29) is 5.82 Å². The zero-order valence-corrected chi connectivity index (χ0v) is 17.2. The molecule has 2 heterocycles. The SMILES string of the molecule is Cc1ccc(Cc2nc3nc4c(c(Nc5ccc(F)cc5C)n3n2)CCCC4)cc1. The molecule has 0 saturated heterocycles. The summed E-state index contributed by atoms with van der Waals surface area (Å²) in [5, 5.41) is 8.30. The summed E-state index contributed by atoms with van der Waals surface area (Å²) in [6, 6.07) is 13.2.